The van der Waals surface area contributed by atoms with E-state index in [1.807, 2.05) is 25.7 Å². The number of hydrogen-bond donors (Lipinski definition) is 1. The van der Waals surface area contributed by atoms with Crippen LogP contribution in [-0.4, -0.2) is 55.3 Å². The fourth-order valence-electron chi connectivity index (χ4n) is 3.08. The van der Waals surface area contributed by atoms with E-state index in [1.165, 1.54) is 0 Å². The molecular formula is C19H26N2O5. The SMILES string of the molecule is CC(C)(C)OC(=O)NC[C@@H]1CCN(C(=O)c2ccc3c(c2)OCCO3)C1. The molecule has 2 aliphatic rings. The van der Waals surface area contributed by atoms with Crippen LogP contribution in [0, 0.1) is 5.92 Å². The van der Waals surface area contributed by atoms with Crippen molar-refractivity contribution >= 4 is 12.0 Å². The molecule has 26 heavy (non-hydrogen) atoms. The van der Waals surface area contributed by atoms with Crippen LogP contribution in [0.3, 0.4) is 0 Å². The maximum Gasteiger partial charge on any atom is 0.407 e. The Bertz CT molecular complexity index is 683. The van der Waals surface area contributed by atoms with Gasteiger partial charge in [-0.3, -0.25) is 4.79 Å². The second-order valence-electron chi connectivity index (χ2n) is 7.65. The molecule has 0 saturated carbocycles. The second-order valence-corrected chi connectivity index (χ2v) is 7.65. The van der Waals surface area contributed by atoms with Crippen LogP contribution in [0.2, 0.25) is 0 Å². The molecule has 2 heterocycles. The van der Waals surface area contributed by atoms with Crippen LogP contribution in [0.4, 0.5) is 4.79 Å². The average molecular weight is 362 g/mol. The van der Waals surface area contributed by atoms with Crippen molar-refractivity contribution in [2.45, 2.75) is 32.8 Å². The Labute approximate surface area is 153 Å². The summed E-state index contributed by atoms with van der Waals surface area (Å²) >= 11 is 0. The van der Waals surface area contributed by atoms with Crippen LogP contribution in [0.5, 0.6) is 11.5 Å². The van der Waals surface area contributed by atoms with Gasteiger partial charge in [0.05, 0.1) is 0 Å². The molecule has 7 nitrogen and oxygen atoms in total. The molecule has 7 heteroatoms. The van der Waals surface area contributed by atoms with E-state index in [0.29, 0.717) is 49.9 Å². The fraction of sp³-hybridized carbons (Fsp3) is 0.579. The third-order valence-electron chi connectivity index (χ3n) is 4.30. The van der Waals surface area contributed by atoms with Crippen molar-refractivity contribution in [2.75, 3.05) is 32.8 Å². The molecule has 0 aromatic heterocycles. The molecule has 1 aromatic carbocycles. The maximum atomic E-state index is 12.7. The molecule has 2 aliphatic heterocycles. The van der Waals surface area contributed by atoms with E-state index in [9.17, 15) is 9.59 Å². The summed E-state index contributed by atoms with van der Waals surface area (Å²) < 4.78 is 16.3. The predicted molar refractivity (Wildman–Crippen MR) is 95.7 cm³/mol. The van der Waals surface area contributed by atoms with Crippen molar-refractivity contribution in [3.05, 3.63) is 23.8 Å². The number of carbonyl (C=O) groups is 2. The van der Waals surface area contributed by atoms with Crippen LogP contribution < -0.4 is 14.8 Å². The number of likely N-dealkylation sites (tertiary alicyclic amines) is 1. The topological polar surface area (TPSA) is 77.1 Å². The van der Waals surface area contributed by atoms with Gasteiger partial charge in [0, 0.05) is 25.2 Å². The van der Waals surface area contributed by atoms with Gasteiger partial charge in [-0.15, -0.1) is 0 Å². The summed E-state index contributed by atoms with van der Waals surface area (Å²) in [6, 6.07) is 5.28. The zero-order valence-corrected chi connectivity index (χ0v) is 15.5. The molecule has 1 N–H and O–H groups in total. The van der Waals surface area contributed by atoms with Crippen molar-refractivity contribution in [3.8, 4) is 11.5 Å². The Morgan fingerprint density at radius 2 is 1.96 bits per heavy atom. The lowest BCUT2D eigenvalue weighted by Crippen LogP contribution is -2.36. The average Bonchev–Trinajstić information content (AvgIpc) is 3.06. The first-order valence-electron chi connectivity index (χ1n) is 8.97. The standard InChI is InChI=1S/C19H26N2O5/c1-19(2,3)26-18(23)20-11-13-6-7-21(12-13)17(22)14-4-5-15-16(10-14)25-9-8-24-15/h4-5,10,13H,6-9,11-12H2,1-3H3,(H,20,23)/t13-/m0/s1. The van der Waals surface area contributed by atoms with Crippen LogP contribution in [-0.2, 0) is 4.74 Å². The third-order valence-corrected chi connectivity index (χ3v) is 4.30. The highest BCUT2D eigenvalue weighted by atomic mass is 16.6. The van der Waals surface area contributed by atoms with Crippen LogP contribution in [0.15, 0.2) is 18.2 Å². The number of nitrogens with zero attached hydrogens (tertiary/aromatic N) is 1. The second kappa shape index (κ2) is 7.43. The Morgan fingerprint density at radius 1 is 1.23 bits per heavy atom. The monoisotopic (exact) mass is 362 g/mol. The smallest absolute Gasteiger partial charge is 0.407 e. The van der Waals surface area contributed by atoms with Gasteiger partial charge < -0.3 is 24.4 Å². The third kappa shape index (κ3) is 4.59. The minimum atomic E-state index is -0.514. The van der Waals surface area contributed by atoms with E-state index >= 15 is 0 Å². The largest absolute Gasteiger partial charge is 0.486 e. The number of alkyl carbamates (subject to hydrolysis) is 1. The van der Waals surface area contributed by atoms with Crippen molar-refractivity contribution < 1.29 is 23.8 Å². The first-order valence-corrected chi connectivity index (χ1v) is 8.97. The first-order chi connectivity index (χ1) is 12.3. The van der Waals surface area contributed by atoms with Crippen LogP contribution in [0.25, 0.3) is 0 Å². The number of nitrogens with one attached hydrogen (secondary N) is 1. The number of carbonyl (C=O) groups excluding carboxylic acids is 2. The molecule has 0 spiro atoms. The Morgan fingerprint density at radius 3 is 2.69 bits per heavy atom. The number of fused-ring (bicyclic) bond motifs is 1. The zero-order valence-electron chi connectivity index (χ0n) is 15.5. The normalized spacial score (nSPS) is 19.2. The summed E-state index contributed by atoms with van der Waals surface area (Å²) in [6.07, 6.45) is 0.431. The molecule has 0 aliphatic carbocycles. The van der Waals surface area contributed by atoms with Gasteiger partial charge in [-0.05, 0) is 51.3 Å². The van der Waals surface area contributed by atoms with Gasteiger partial charge in [-0.1, -0.05) is 0 Å². The van der Waals surface area contributed by atoms with Gasteiger partial charge >= 0.3 is 6.09 Å². The minimum Gasteiger partial charge on any atom is -0.486 e. The molecular weight excluding hydrogens is 336 g/mol. The van der Waals surface area contributed by atoms with Gasteiger partial charge in [0.1, 0.15) is 18.8 Å². The Kier molecular flexibility index (Phi) is 5.25. The fourth-order valence-corrected chi connectivity index (χ4v) is 3.08. The summed E-state index contributed by atoms with van der Waals surface area (Å²) in [5, 5.41) is 2.79. The van der Waals surface area contributed by atoms with Crippen molar-refractivity contribution in [3.63, 3.8) is 0 Å². The molecule has 1 aromatic rings. The van der Waals surface area contributed by atoms with E-state index in [0.717, 1.165) is 6.42 Å². The molecule has 2 amide bonds. The molecule has 0 radical (unpaired) electrons. The molecule has 1 saturated heterocycles. The molecule has 3 rings (SSSR count). The molecule has 1 fully saturated rings. The van der Waals surface area contributed by atoms with Crippen molar-refractivity contribution in [1.29, 1.82) is 0 Å². The minimum absolute atomic E-state index is 0.0262. The molecule has 0 bridgehead atoms. The van der Waals surface area contributed by atoms with Gasteiger partial charge in [0.15, 0.2) is 11.5 Å². The van der Waals surface area contributed by atoms with E-state index < -0.39 is 11.7 Å². The number of benzene rings is 1. The van der Waals surface area contributed by atoms with E-state index in [2.05, 4.69) is 5.32 Å². The van der Waals surface area contributed by atoms with Gasteiger partial charge in [0.25, 0.3) is 5.91 Å². The van der Waals surface area contributed by atoms with E-state index in [-0.39, 0.29) is 11.8 Å². The van der Waals surface area contributed by atoms with Gasteiger partial charge in [-0.25, -0.2) is 4.79 Å². The first kappa shape index (κ1) is 18.4. The van der Waals surface area contributed by atoms with E-state index in [4.69, 9.17) is 14.2 Å². The molecule has 142 valence electrons. The summed E-state index contributed by atoms with van der Waals surface area (Å²) in [7, 11) is 0. The highest BCUT2D eigenvalue weighted by molar-refractivity contribution is 5.95. The molecule has 1 atom stereocenters. The van der Waals surface area contributed by atoms with Crippen LogP contribution >= 0.6 is 0 Å². The number of amides is 2. The lowest BCUT2D eigenvalue weighted by molar-refractivity contribution is 0.0520. The summed E-state index contributed by atoms with van der Waals surface area (Å²) in [5.41, 5.74) is 0.0787. The number of rotatable bonds is 3. The summed E-state index contributed by atoms with van der Waals surface area (Å²) in [4.78, 5) is 26.3. The number of hydrogen-bond acceptors (Lipinski definition) is 5. The Hall–Kier alpha value is -2.44. The van der Waals surface area contributed by atoms with Crippen molar-refractivity contribution in [1.82, 2.24) is 10.2 Å². The number of ether oxygens (including phenoxy) is 3. The Balaban J connectivity index is 1.52. The molecule has 0 unspecified atom stereocenters. The predicted octanol–water partition coefficient (Wildman–Crippen LogP) is 2.44. The highest BCUT2D eigenvalue weighted by Crippen LogP contribution is 2.31. The van der Waals surface area contributed by atoms with Gasteiger partial charge in [0.2, 0.25) is 0 Å². The summed E-state index contributed by atoms with van der Waals surface area (Å²) in [5.74, 6) is 1.49. The van der Waals surface area contributed by atoms with Crippen LogP contribution in [0.1, 0.15) is 37.6 Å². The van der Waals surface area contributed by atoms with E-state index in [1.54, 1.807) is 18.2 Å². The maximum absolute atomic E-state index is 12.7. The highest BCUT2D eigenvalue weighted by Gasteiger charge is 2.28. The van der Waals surface area contributed by atoms with Crippen molar-refractivity contribution in [2.24, 2.45) is 5.92 Å². The lowest BCUT2D eigenvalue weighted by atomic mass is 10.1. The lowest BCUT2D eigenvalue weighted by Gasteiger charge is -2.21. The van der Waals surface area contributed by atoms with Gasteiger partial charge in [-0.2, -0.15) is 0 Å². The summed E-state index contributed by atoms with van der Waals surface area (Å²) in [6.45, 7) is 8.30. The zero-order chi connectivity index (χ0) is 18.7. The quantitative estimate of drug-likeness (QED) is 0.894.